The quantitative estimate of drug-likeness (QED) is 0.803. The highest BCUT2D eigenvalue weighted by Gasteiger charge is 2.37. The molecule has 5 nitrogen and oxygen atoms in total. The van der Waals surface area contributed by atoms with Crippen molar-refractivity contribution in [3.63, 3.8) is 0 Å². The van der Waals surface area contributed by atoms with Gasteiger partial charge in [0, 0.05) is 38.8 Å². The molecule has 0 spiro atoms. The summed E-state index contributed by atoms with van der Waals surface area (Å²) in [4.78, 5) is 17.0. The second-order valence-electron chi connectivity index (χ2n) is 7.51. The van der Waals surface area contributed by atoms with Gasteiger partial charge in [-0.3, -0.25) is 9.69 Å². The largest absolute Gasteiger partial charge is 0.389 e. The van der Waals surface area contributed by atoms with Gasteiger partial charge in [-0.2, -0.15) is 0 Å². The molecular weight excluding hydrogens is 266 g/mol. The molecule has 1 saturated carbocycles. The molecule has 1 amide bonds. The highest BCUT2D eigenvalue weighted by molar-refractivity contribution is 5.80. The molecule has 1 saturated heterocycles. The smallest absolute Gasteiger partial charge is 0.227 e. The van der Waals surface area contributed by atoms with Crippen LogP contribution in [-0.2, 0) is 4.79 Å². The van der Waals surface area contributed by atoms with E-state index in [4.69, 9.17) is 5.73 Å². The van der Waals surface area contributed by atoms with E-state index < -0.39 is 5.60 Å². The first-order valence-electron chi connectivity index (χ1n) is 8.27. The molecule has 2 fully saturated rings. The Kier molecular flexibility index (Phi) is 5.28. The van der Waals surface area contributed by atoms with Crippen molar-refractivity contribution in [2.45, 2.75) is 51.7 Å². The lowest BCUT2D eigenvalue weighted by Crippen LogP contribution is -2.56. The Morgan fingerprint density at radius 1 is 1.24 bits per heavy atom. The number of rotatable bonds is 3. The Labute approximate surface area is 128 Å². The number of β-amino-alcohol motifs (C(OH)–C–C–N with tert-alkyl or cyclic N) is 1. The summed E-state index contributed by atoms with van der Waals surface area (Å²) in [7, 11) is 0. The fourth-order valence-corrected chi connectivity index (χ4v) is 3.77. The van der Waals surface area contributed by atoms with E-state index in [0.717, 1.165) is 45.4 Å². The van der Waals surface area contributed by atoms with Crippen LogP contribution in [0, 0.1) is 11.8 Å². The molecule has 1 aliphatic carbocycles. The predicted octanol–water partition coefficient (Wildman–Crippen LogP) is 0.665. The molecule has 122 valence electrons. The van der Waals surface area contributed by atoms with Gasteiger partial charge < -0.3 is 15.7 Å². The van der Waals surface area contributed by atoms with Crippen LogP contribution < -0.4 is 5.73 Å². The van der Waals surface area contributed by atoms with Crippen LogP contribution in [0.3, 0.4) is 0 Å². The van der Waals surface area contributed by atoms with Crippen molar-refractivity contribution in [1.29, 1.82) is 0 Å². The minimum atomic E-state index is -0.674. The van der Waals surface area contributed by atoms with Gasteiger partial charge in [0.2, 0.25) is 5.91 Å². The third kappa shape index (κ3) is 4.41. The molecule has 3 N–H and O–H groups in total. The van der Waals surface area contributed by atoms with Gasteiger partial charge in [0.25, 0.3) is 0 Å². The topological polar surface area (TPSA) is 69.8 Å². The first-order valence-corrected chi connectivity index (χ1v) is 8.27. The van der Waals surface area contributed by atoms with Crippen molar-refractivity contribution >= 4 is 5.91 Å². The maximum atomic E-state index is 12.7. The van der Waals surface area contributed by atoms with Crippen molar-refractivity contribution in [3.8, 4) is 0 Å². The van der Waals surface area contributed by atoms with Crippen molar-refractivity contribution in [2.24, 2.45) is 17.6 Å². The van der Waals surface area contributed by atoms with E-state index in [1.807, 2.05) is 18.7 Å². The summed E-state index contributed by atoms with van der Waals surface area (Å²) in [6.45, 7) is 9.66. The summed E-state index contributed by atoms with van der Waals surface area (Å²) < 4.78 is 0. The Hall–Kier alpha value is -0.650. The van der Waals surface area contributed by atoms with E-state index in [1.54, 1.807) is 0 Å². The summed E-state index contributed by atoms with van der Waals surface area (Å²) in [5.74, 6) is 0.646. The van der Waals surface area contributed by atoms with E-state index in [-0.39, 0.29) is 17.9 Å². The van der Waals surface area contributed by atoms with Gasteiger partial charge in [0.15, 0.2) is 0 Å². The van der Waals surface area contributed by atoms with Crippen LogP contribution >= 0.6 is 0 Å². The third-order valence-electron chi connectivity index (χ3n) is 4.85. The Morgan fingerprint density at radius 2 is 1.86 bits per heavy atom. The molecule has 3 atom stereocenters. The fourth-order valence-electron chi connectivity index (χ4n) is 3.77. The second kappa shape index (κ2) is 6.63. The molecule has 0 aromatic carbocycles. The first-order chi connectivity index (χ1) is 9.78. The summed E-state index contributed by atoms with van der Waals surface area (Å²) in [6.07, 6.45) is 3.23. The lowest BCUT2D eigenvalue weighted by atomic mass is 9.76. The molecule has 2 aliphatic rings. The van der Waals surface area contributed by atoms with Crippen LogP contribution in [0.15, 0.2) is 0 Å². The van der Waals surface area contributed by atoms with Crippen LogP contribution in [0.5, 0.6) is 0 Å². The minimum absolute atomic E-state index is 0.000386. The van der Waals surface area contributed by atoms with E-state index in [1.165, 1.54) is 0 Å². The number of carbonyl (C=O) groups excluding carboxylic acids is 1. The van der Waals surface area contributed by atoms with Crippen molar-refractivity contribution < 1.29 is 9.90 Å². The van der Waals surface area contributed by atoms with Gasteiger partial charge in [-0.15, -0.1) is 0 Å². The lowest BCUT2D eigenvalue weighted by Gasteiger charge is -2.41. The number of hydrogen-bond donors (Lipinski definition) is 2. The van der Waals surface area contributed by atoms with E-state index in [9.17, 15) is 9.90 Å². The zero-order valence-corrected chi connectivity index (χ0v) is 13.7. The maximum Gasteiger partial charge on any atom is 0.227 e. The normalized spacial score (nSPS) is 32.2. The maximum absolute atomic E-state index is 12.7. The summed E-state index contributed by atoms with van der Waals surface area (Å²) in [5, 5.41) is 9.88. The molecular formula is C16H31N3O2. The number of nitrogens with zero attached hydrogens (tertiary/aromatic N) is 2. The SMILES string of the molecule is CC1CCCC(N)C1C(=O)N1CCN(CC(C)(C)O)CC1. The highest BCUT2D eigenvalue weighted by atomic mass is 16.3. The highest BCUT2D eigenvalue weighted by Crippen LogP contribution is 2.30. The Balaban J connectivity index is 1.88. The zero-order chi connectivity index (χ0) is 15.6. The molecule has 0 bridgehead atoms. The van der Waals surface area contributed by atoms with Crippen LogP contribution in [0.1, 0.15) is 40.0 Å². The fraction of sp³-hybridized carbons (Fsp3) is 0.938. The summed E-state index contributed by atoms with van der Waals surface area (Å²) in [6, 6.07) is 0.0238. The molecule has 0 aromatic heterocycles. The first kappa shape index (κ1) is 16.7. The number of amides is 1. The van der Waals surface area contributed by atoms with Gasteiger partial charge in [0.1, 0.15) is 0 Å². The second-order valence-corrected chi connectivity index (χ2v) is 7.51. The van der Waals surface area contributed by atoms with E-state index in [0.29, 0.717) is 12.5 Å². The van der Waals surface area contributed by atoms with Gasteiger partial charge >= 0.3 is 0 Å². The number of piperazine rings is 1. The van der Waals surface area contributed by atoms with Crippen LogP contribution in [0.4, 0.5) is 0 Å². The van der Waals surface area contributed by atoms with E-state index in [2.05, 4.69) is 11.8 Å². The summed E-state index contributed by atoms with van der Waals surface area (Å²) >= 11 is 0. The Morgan fingerprint density at radius 3 is 2.38 bits per heavy atom. The van der Waals surface area contributed by atoms with Gasteiger partial charge in [-0.1, -0.05) is 13.3 Å². The zero-order valence-electron chi connectivity index (χ0n) is 13.7. The van der Waals surface area contributed by atoms with Gasteiger partial charge in [-0.25, -0.2) is 0 Å². The van der Waals surface area contributed by atoms with Crippen molar-refractivity contribution in [1.82, 2.24) is 9.80 Å². The van der Waals surface area contributed by atoms with Gasteiger partial charge in [-0.05, 0) is 32.6 Å². The predicted molar refractivity (Wildman–Crippen MR) is 83.8 cm³/mol. The number of hydrogen-bond acceptors (Lipinski definition) is 4. The monoisotopic (exact) mass is 297 g/mol. The third-order valence-corrected chi connectivity index (χ3v) is 4.85. The number of carbonyl (C=O) groups is 1. The molecule has 1 heterocycles. The average molecular weight is 297 g/mol. The Bertz CT molecular complexity index is 349. The molecule has 2 rings (SSSR count). The van der Waals surface area contributed by atoms with E-state index >= 15 is 0 Å². The molecule has 0 aromatic rings. The molecule has 5 heteroatoms. The molecule has 21 heavy (non-hydrogen) atoms. The lowest BCUT2D eigenvalue weighted by molar-refractivity contribution is -0.141. The van der Waals surface area contributed by atoms with Crippen molar-refractivity contribution in [3.05, 3.63) is 0 Å². The summed E-state index contributed by atoms with van der Waals surface area (Å²) in [5.41, 5.74) is 5.52. The average Bonchev–Trinajstić information content (AvgIpc) is 2.37. The van der Waals surface area contributed by atoms with Gasteiger partial charge in [0.05, 0.1) is 11.5 Å². The minimum Gasteiger partial charge on any atom is -0.389 e. The molecule has 0 radical (unpaired) electrons. The van der Waals surface area contributed by atoms with Crippen LogP contribution in [0.25, 0.3) is 0 Å². The standard InChI is InChI=1S/C16H31N3O2/c1-12-5-4-6-13(17)14(12)15(20)19-9-7-18(8-10-19)11-16(2,3)21/h12-14,21H,4-11,17H2,1-3H3. The number of aliphatic hydroxyl groups is 1. The van der Waals surface area contributed by atoms with Crippen LogP contribution in [-0.4, -0.2) is 65.2 Å². The molecule has 1 aliphatic heterocycles. The molecule has 3 unspecified atom stereocenters. The van der Waals surface area contributed by atoms with Crippen LogP contribution in [0.2, 0.25) is 0 Å². The van der Waals surface area contributed by atoms with Crippen molar-refractivity contribution in [2.75, 3.05) is 32.7 Å². The number of nitrogens with two attached hydrogens (primary N) is 1.